The Morgan fingerprint density at radius 1 is 1.06 bits per heavy atom. The van der Waals surface area contributed by atoms with Gasteiger partial charge in [-0.25, -0.2) is 8.78 Å². The summed E-state index contributed by atoms with van der Waals surface area (Å²) >= 11 is 0. The molecule has 2 heterocycles. The summed E-state index contributed by atoms with van der Waals surface area (Å²) in [4.78, 5) is 29.3. The molecule has 168 valence electrons. The highest BCUT2D eigenvalue weighted by atomic mass is 19.2. The highest BCUT2D eigenvalue weighted by molar-refractivity contribution is 6.10. The number of Topliss-reactive ketones (excluding diaryl/α,β-unsaturated/α-hetero) is 1. The van der Waals surface area contributed by atoms with E-state index in [9.17, 15) is 18.4 Å². The number of hydrogen-bond donors (Lipinski definition) is 0. The van der Waals surface area contributed by atoms with E-state index < -0.39 is 11.6 Å². The predicted octanol–water partition coefficient (Wildman–Crippen LogP) is 6.11. The average molecular weight is 446 g/mol. The number of nitrogens with zero attached hydrogens (tertiary/aromatic N) is 2. The maximum atomic E-state index is 13.6. The zero-order valence-corrected chi connectivity index (χ0v) is 18.5. The summed E-state index contributed by atoms with van der Waals surface area (Å²) in [6.45, 7) is 4.51. The first-order chi connectivity index (χ1) is 15.9. The molecule has 0 aliphatic rings. The number of hydrogen-bond acceptors (Lipinski definition) is 3. The number of pyridine rings is 1. The van der Waals surface area contributed by atoms with Crippen LogP contribution in [0.3, 0.4) is 0 Å². The number of aryl methyl sites for hydroxylation is 1. The van der Waals surface area contributed by atoms with Crippen LogP contribution in [0, 0.1) is 11.6 Å². The summed E-state index contributed by atoms with van der Waals surface area (Å²) in [7, 11) is 0. The van der Waals surface area contributed by atoms with Crippen LogP contribution in [0.1, 0.15) is 63.9 Å². The van der Waals surface area contributed by atoms with Crippen molar-refractivity contribution in [3.63, 3.8) is 0 Å². The Kier molecular flexibility index (Phi) is 6.45. The number of carbonyl (C=O) groups is 2. The fraction of sp³-hybridized carbons (Fsp3) is 0.222. The number of aromatic nitrogens is 2. The van der Waals surface area contributed by atoms with E-state index in [0.29, 0.717) is 29.7 Å². The van der Waals surface area contributed by atoms with Gasteiger partial charge in [-0.15, -0.1) is 0 Å². The summed E-state index contributed by atoms with van der Waals surface area (Å²) in [5.41, 5.74) is 4.20. The molecule has 0 N–H and O–H groups in total. The van der Waals surface area contributed by atoms with Crippen molar-refractivity contribution in [1.29, 1.82) is 0 Å². The minimum absolute atomic E-state index is 0.0306. The maximum Gasteiger partial charge on any atom is 0.165 e. The molecule has 0 spiro atoms. The Balaban J connectivity index is 1.79. The first kappa shape index (κ1) is 22.5. The Hall–Kier alpha value is -3.67. The second-order valence-corrected chi connectivity index (χ2v) is 8.39. The number of halogens is 2. The van der Waals surface area contributed by atoms with E-state index in [1.807, 2.05) is 38.1 Å². The van der Waals surface area contributed by atoms with E-state index in [1.54, 1.807) is 18.3 Å². The van der Waals surface area contributed by atoms with Crippen LogP contribution < -0.4 is 0 Å². The lowest BCUT2D eigenvalue weighted by Gasteiger charge is -2.15. The third-order valence-electron chi connectivity index (χ3n) is 5.76. The minimum Gasteiger partial charge on any atom is -0.338 e. The van der Waals surface area contributed by atoms with Gasteiger partial charge in [-0.2, -0.15) is 0 Å². The molecule has 0 saturated carbocycles. The highest BCUT2D eigenvalue weighted by Gasteiger charge is 2.25. The summed E-state index contributed by atoms with van der Waals surface area (Å²) in [5.74, 6) is -1.87. The van der Waals surface area contributed by atoms with Gasteiger partial charge in [0, 0.05) is 34.8 Å². The lowest BCUT2D eigenvalue weighted by molar-refractivity contribution is 0.0982. The number of ketones is 1. The topological polar surface area (TPSA) is 52.0 Å². The molecule has 0 bridgehead atoms. The lowest BCUT2D eigenvalue weighted by atomic mass is 9.96. The van der Waals surface area contributed by atoms with Crippen LogP contribution in [-0.2, 0) is 13.0 Å². The van der Waals surface area contributed by atoms with Gasteiger partial charge in [0.05, 0.1) is 17.8 Å². The molecule has 0 amide bonds. The summed E-state index contributed by atoms with van der Waals surface area (Å²) in [5, 5.41) is 0.774. The fourth-order valence-corrected chi connectivity index (χ4v) is 4.25. The fourth-order valence-electron chi connectivity index (χ4n) is 4.25. The normalized spacial score (nSPS) is 11.3. The van der Waals surface area contributed by atoms with Crippen molar-refractivity contribution in [3.05, 3.63) is 101 Å². The molecule has 0 fully saturated rings. The van der Waals surface area contributed by atoms with Gasteiger partial charge >= 0.3 is 0 Å². The Bertz CT molecular complexity index is 1330. The van der Waals surface area contributed by atoms with Crippen molar-refractivity contribution in [2.75, 3.05) is 0 Å². The van der Waals surface area contributed by atoms with E-state index in [0.717, 1.165) is 40.7 Å². The molecule has 2 aromatic heterocycles. The molecule has 0 aliphatic carbocycles. The second kappa shape index (κ2) is 9.45. The van der Waals surface area contributed by atoms with Crippen molar-refractivity contribution in [2.45, 2.75) is 39.2 Å². The monoisotopic (exact) mass is 446 g/mol. The van der Waals surface area contributed by atoms with Crippen LogP contribution in [-0.4, -0.2) is 21.6 Å². The highest BCUT2D eigenvalue weighted by Crippen LogP contribution is 2.34. The van der Waals surface area contributed by atoms with E-state index in [2.05, 4.69) is 9.55 Å². The van der Waals surface area contributed by atoms with Crippen molar-refractivity contribution in [3.8, 4) is 0 Å². The van der Waals surface area contributed by atoms with Gasteiger partial charge in [0.15, 0.2) is 17.4 Å². The molecule has 4 rings (SSSR count). The molecule has 0 saturated heterocycles. The quantitative estimate of drug-likeness (QED) is 0.242. The molecular weight excluding hydrogens is 422 g/mol. The van der Waals surface area contributed by atoms with Crippen LogP contribution >= 0.6 is 0 Å². The molecule has 6 heteroatoms. The molecule has 33 heavy (non-hydrogen) atoms. The Labute approximate surface area is 190 Å². The number of aldehydes is 1. The van der Waals surface area contributed by atoms with E-state index in [4.69, 9.17) is 0 Å². The molecule has 0 unspecified atom stereocenters. The van der Waals surface area contributed by atoms with Crippen LogP contribution in [0.25, 0.3) is 10.9 Å². The number of carbonyl (C=O) groups excluding carboxylic acids is 2. The average Bonchev–Trinajstić information content (AvgIpc) is 3.14. The van der Waals surface area contributed by atoms with Crippen LogP contribution in [0.5, 0.6) is 0 Å². The summed E-state index contributed by atoms with van der Waals surface area (Å²) < 4.78 is 28.9. The smallest absolute Gasteiger partial charge is 0.165 e. The van der Waals surface area contributed by atoms with Gasteiger partial charge in [-0.05, 0) is 48.2 Å². The van der Waals surface area contributed by atoms with Crippen LogP contribution in [0.2, 0.25) is 0 Å². The SMILES string of the molecule is CC(C)c1c(C(=O)CCc2ccc(F)c(F)c2)c2ccc(C=O)cc2n1Cc1ccccn1. The molecule has 4 aromatic rings. The van der Waals surface area contributed by atoms with Crippen LogP contribution in [0.15, 0.2) is 60.8 Å². The summed E-state index contributed by atoms with van der Waals surface area (Å²) in [6, 6.07) is 14.7. The van der Waals surface area contributed by atoms with E-state index in [-0.39, 0.29) is 18.1 Å². The molecule has 0 atom stereocenters. The largest absolute Gasteiger partial charge is 0.338 e. The van der Waals surface area contributed by atoms with Crippen molar-refractivity contribution in [1.82, 2.24) is 9.55 Å². The zero-order valence-electron chi connectivity index (χ0n) is 18.5. The van der Waals surface area contributed by atoms with Crippen LogP contribution in [0.4, 0.5) is 8.78 Å². The van der Waals surface area contributed by atoms with Gasteiger partial charge in [0.25, 0.3) is 0 Å². The molecule has 0 radical (unpaired) electrons. The zero-order chi connectivity index (χ0) is 23.5. The third kappa shape index (κ3) is 4.60. The predicted molar refractivity (Wildman–Crippen MR) is 124 cm³/mol. The minimum atomic E-state index is -0.920. The lowest BCUT2D eigenvalue weighted by Crippen LogP contribution is -2.11. The van der Waals surface area contributed by atoms with Gasteiger partial charge in [0.2, 0.25) is 0 Å². The molecule has 4 nitrogen and oxygen atoms in total. The Morgan fingerprint density at radius 2 is 1.88 bits per heavy atom. The van der Waals surface area contributed by atoms with E-state index >= 15 is 0 Å². The van der Waals surface area contributed by atoms with Crippen molar-refractivity contribution in [2.24, 2.45) is 0 Å². The molecule has 2 aromatic carbocycles. The molecule has 0 aliphatic heterocycles. The third-order valence-corrected chi connectivity index (χ3v) is 5.76. The van der Waals surface area contributed by atoms with Gasteiger partial charge in [-0.1, -0.05) is 38.1 Å². The Morgan fingerprint density at radius 3 is 2.55 bits per heavy atom. The first-order valence-electron chi connectivity index (χ1n) is 10.9. The standard InChI is InChI=1S/C27H24F2N2O2/c1-17(2)27-26(25(33)11-8-18-7-10-22(28)23(29)13-18)21-9-6-19(16-32)14-24(21)31(27)15-20-5-3-4-12-30-20/h3-7,9-10,12-14,16-17H,8,11,15H2,1-2H3. The maximum absolute atomic E-state index is 13.6. The first-order valence-corrected chi connectivity index (χ1v) is 10.9. The van der Waals surface area contributed by atoms with Crippen molar-refractivity contribution >= 4 is 23.0 Å². The number of rotatable bonds is 8. The number of benzene rings is 2. The molecular formula is C27H24F2N2O2. The van der Waals surface area contributed by atoms with Gasteiger partial charge in [0.1, 0.15) is 6.29 Å². The van der Waals surface area contributed by atoms with Gasteiger partial charge < -0.3 is 4.57 Å². The second-order valence-electron chi connectivity index (χ2n) is 8.39. The summed E-state index contributed by atoms with van der Waals surface area (Å²) in [6.07, 6.45) is 2.97. The number of fused-ring (bicyclic) bond motifs is 1. The van der Waals surface area contributed by atoms with Crippen molar-refractivity contribution < 1.29 is 18.4 Å². The van der Waals surface area contributed by atoms with Gasteiger partial charge in [-0.3, -0.25) is 14.6 Å². The van der Waals surface area contributed by atoms with E-state index in [1.165, 1.54) is 6.07 Å².